The minimum absolute atomic E-state index is 0.0658. The van der Waals surface area contributed by atoms with Crippen molar-refractivity contribution in [2.24, 2.45) is 5.92 Å². The van der Waals surface area contributed by atoms with Crippen LogP contribution in [0.5, 0.6) is 0 Å². The molecule has 3 heterocycles. The number of hydrogen-bond donors (Lipinski definition) is 0. The molecule has 5 nitrogen and oxygen atoms in total. The molecule has 2 saturated heterocycles. The molecule has 2 aliphatic rings. The molecule has 0 N–H and O–H groups in total. The summed E-state index contributed by atoms with van der Waals surface area (Å²) in [6.45, 7) is 7.27. The Morgan fingerprint density at radius 2 is 2.13 bits per heavy atom. The average Bonchev–Trinajstić information content (AvgIpc) is 2.62. The van der Waals surface area contributed by atoms with E-state index in [4.69, 9.17) is 4.74 Å². The lowest BCUT2D eigenvalue weighted by molar-refractivity contribution is -0.147. The van der Waals surface area contributed by atoms with Gasteiger partial charge in [0.2, 0.25) is 5.91 Å². The number of carbonyl (C=O) groups excluding carboxylic acids is 1. The van der Waals surface area contributed by atoms with E-state index >= 15 is 0 Å². The van der Waals surface area contributed by atoms with Crippen LogP contribution in [-0.2, 0) is 16.1 Å². The molecule has 0 aromatic carbocycles. The standard InChI is InChI=1S/C18H27N3O2/c1-2-17-16(7-5-13-23-17)18(22)21-11-9-20(10-12-21)14-15-6-3-4-8-19-15/h3-4,6,8,16-17H,2,5,7,9-14H2,1H3. The van der Waals surface area contributed by atoms with Crippen LogP contribution >= 0.6 is 0 Å². The maximum absolute atomic E-state index is 12.8. The molecule has 1 aromatic rings. The van der Waals surface area contributed by atoms with Gasteiger partial charge in [-0.05, 0) is 31.4 Å². The average molecular weight is 317 g/mol. The molecule has 0 radical (unpaired) electrons. The van der Waals surface area contributed by atoms with Crippen molar-refractivity contribution in [2.75, 3.05) is 32.8 Å². The number of nitrogens with zero attached hydrogens (tertiary/aromatic N) is 3. The third-order valence-electron chi connectivity index (χ3n) is 4.96. The van der Waals surface area contributed by atoms with Crippen LogP contribution in [0.25, 0.3) is 0 Å². The Morgan fingerprint density at radius 1 is 1.30 bits per heavy atom. The van der Waals surface area contributed by atoms with Crippen LogP contribution in [0.15, 0.2) is 24.4 Å². The van der Waals surface area contributed by atoms with Gasteiger partial charge in [0.15, 0.2) is 0 Å². The molecule has 2 atom stereocenters. The summed E-state index contributed by atoms with van der Waals surface area (Å²) in [7, 11) is 0. The summed E-state index contributed by atoms with van der Waals surface area (Å²) in [5.41, 5.74) is 1.10. The lowest BCUT2D eigenvalue weighted by Gasteiger charge is -2.39. The zero-order chi connectivity index (χ0) is 16.1. The molecule has 2 fully saturated rings. The zero-order valence-electron chi connectivity index (χ0n) is 14.0. The minimum Gasteiger partial charge on any atom is -0.377 e. The van der Waals surface area contributed by atoms with Crippen LogP contribution in [0.2, 0.25) is 0 Å². The van der Waals surface area contributed by atoms with Gasteiger partial charge in [0.1, 0.15) is 0 Å². The molecule has 126 valence electrons. The van der Waals surface area contributed by atoms with Gasteiger partial charge in [0.25, 0.3) is 0 Å². The summed E-state index contributed by atoms with van der Waals surface area (Å²) in [5.74, 6) is 0.366. The Balaban J connectivity index is 1.51. The van der Waals surface area contributed by atoms with Crippen LogP contribution in [0.1, 0.15) is 31.9 Å². The van der Waals surface area contributed by atoms with Crippen LogP contribution in [-0.4, -0.2) is 59.6 Å². The van der Waals surface area contributed by atoms with Gasteiger partial charge in [0, 0.05) is 45.5 Å². The molecular formula is C18H27N3O2. The van der Waals surface area contributed by atoms with Crippen LogP contribution in [0.4, 0.5) is 0 Å². The monoisotopic (exact) mass is 317 g/mol. The van der Waals surface area contributed by atoms with Gasteiger partial charge in [0.05, 0.1) is 17.7 Å². The minimum atomic E-state index is 0.0658. The summed E-state index contributed by atoms with van der Waals surface area (Å²) in [6, 6.07) is 6.02. The summed E-state index contributed by atoms with van der Waals surface area (Å²) in [5, 5.41) is 0. The molecule has 1 amide bonds. The van der Waals surface area contributed by atoms with E-state index in [-0.39, 0.29) is 12.0 Å². The number of ether oxygens (including phenoxy) is 1. The number of rotatable bonds is 4. The molecule has 5 heteroatoms. The van der Waals surface area contributed by atoms with Crippen LogP contribution in [0.3, 0.4) is 0 Å². The molecule has 23 heavy (non-hydrogen) atoms. The number of hydrogen-bond acceptors (Lipinski definition) is 4. The van der Waals surface area contributed by atoms with Crippen molar-refractivity contribution < 1.29 is 9.53 Å². The fourth-order valence-electron chi connectivity index (χ4n) is 3.61. The second-order valence-corrected chi connectivity index (χ2v) is 6.49. The topological polar surface area (TPSA) is 45.7 Å². The number of aromatic nitrogens is 1. The molecule has 0 bridgehead atoms. The Bertz CT molecular complexity index is 500. The highest BCUT2D eigenvalue weighted by Gasteiger charge is 2.34. The van der Waals surface area contributed by atoms with Gasteiger partial charge >= 0.3 is 0 Å². The highest BCUT2D eigenvalue weighted by atomic mass is 16.5. The van der Waals surface area contributed by atoms with E-state index in [0.717, 1.165) is 64.3 Å². The van der Waals surface area contributed by atoms with Gasteiger partial charge in [-0.15, -0.1) is 0 Å². The van der Waals surface area contributed by atoms with Crippen molar-refractivity contribution >= 4 is 5.91 Å². The Hall–Kier alpha value is -1.46. The predicted molar refractivity (Wildman–Crippen MR) is 88.8 cm³/mol. The molecule has 2 unspecified atom stereocenters. The molecule has 0 spiro atoms. The number of amides is 1. The van der Waals surface area contributed by atoms with E-state index in [2.05, 4.69) is 22.9 Å². The maximum atomic E-state index is 12.8. The van der Waals surface area contributed by atoms with Gasteiger partial charge in [-0.3, -0.25) is 14.7 Å². The SMILES string of the molecule is CCC1OCCCC1C(=O)N1CCN(Cc2ccccn2)CC1. The Kier molecular flexibility index (Phi) is 5.62. The molecule has 2 aliphatic heterocycles. The van der Waals surface area contributed by atoms with Crippen molar-refractivity contribution in [3.63, 3.8) is 0 Å². The summed E-state index contributed by atoms with van der Waals surface area (Å²) < 4.78 is 5.79. The zero-order valence-corrected chi connectivity index (χ0v) is 14.0. The lowest BCUT2D eigenvalue weighted by atomic mass is 9.91. The van der Waals surface area contributed by atoms with E-state index in [1.54, 1.807) is 0 Å². The molecular weight excluding hydrogens is 290 g/mol. The lowest BCUT2D eigenvalue weighted by Crippen LogP contribution is -2.52. The number of carbonyl (C=O) groups is 1. The molecule has 0 aliphatic carbocycles. The first-order chi connectivity index (χ1) is 11.3. The molecule has 1 aromatic heterocycles. The van der Waals surface area contributed by atoms with E-state index in [9.17, 15) is 4.79 Å². The normalized spacial score (nSPS) is 26.2. The highest BCUT2D eigenvalue weighted by Crippen LogP contribution is 2.25. The van der Waals surface area contributed by atoms with E-state index < -0.39 is 0 Å². The van der Waals surface area contributed by atoms with Crippen molar-refractivity contribution in [3.8, 4) is 0 Å². The summed E-state index contributed by atoms with van der Waals surface area (Å²) in [4.78, 5) is 21.6. The van der Waals surface area contributed by atoms with Crippen LogP contribution in [0, 0.1) is 5.92 Å². The summed E-state index contributed by atoms with van der Waals surface area (Å²) >= 11 is 0. The maximum Gasteiger partial charge on any atom is 0.228 e. The second kappa shape index (κ2) is 7.88. The van der Waals surface area contributed by atoms with Gasteiger partial charge in [-0.1, -0.05) is 13.0 Å². The number of piperazine rings is 1. The second-order valence-electron chi connectivity index (χ2n) is 6.49. The first kappa shape index (κ1) is 16.4. The van der Waals surface area contributed by atoms with Gasteiger partial charge < -0.3 is 9.64 Å². The smallest absolute Gasteiger partial charge is 0.228 e. The van der Waals surface area contributed by atoms with E-state index in [1.165, 1.54) is 0 Å². The highest BCUT2D eigenvalue weighted by molar-refractivity contribution is 5.79. The first-order valence-corrected chi connectivity index (χ1v) is 8.80. The Morgan fingerprint density at radius 3 is 2.83 bits per heavy atom. The first-order valence-electron chi connectivity index (χ1n) is 8.80. The van der Waals surface area contributed by atoms with Crippen molar-refractivity contribution in [3.05, 3.63) is 30.1 Å². The van der Waals surface area contributed by atoms with Crippen LogP contribution < -0.4 is 0 Å². The fraction of sp³-hybridized carbons (Fsp3) is 0.667. The van der Waals surface area contributed by atoms with E-state index in [1.807, 2.05) is 23.2 Å². The third-order valence-corrected chi connectivity index (χ3v) is 4.96. The van der Waals surface area contributed by atoms with Crippen molar-refractivity contribution in [1.82, 2.24) is 14.8 Å². The molecule has 3 rings (SSSR count). The largest absolute Gasteiger partial charge is 0.377 e. The fourth-order valence-corrected chi connectivity index (χ4v) is 3.61. The van der Waals surface area contributed by atoms with Crippen molar-refractivity contribution in [2.45, 2.75) is 38.8 Å². The van der Waals surface area contributed by atoms with E-state index in [0.29, 0.717) is 5.91 Å². The van der Waals surface area contributed by atoms with Crippen molar-refractivity contribution in [1.29, 1.82) is 0 Å². The predicted octanol–water partition coefficient (Wildman–Crippen LogP) is 1.93. The van der Waals surface area contributed by atoms with Gasteiger partial charge in [-0.2, -0.15) is 0 Å². The quantitative estimate of drug-likeness (QED) is 0.851. The number of pyridine rings is 1. The Labute approximate surface area is 138 Å². The molecule has 0 saturated carbocycles. The third kappa shape index (κ3) is 4.09. The van der Waals surface area contributed by atoms with Gasteiger partial charge in [-0.25, -0.2) is 0 Å². The summed E-state index contributed by atoms with van der Waals surface area (Å²) in [6.07, 6.45) is 4.86.